The van der Waals surface area contributed by atoms with Gasteiger partial charge in [0.05, 0.1) is 18.3 Å². The van der Waals surface area contributed by atoms with Crippen LogP contribution in [0, 0.1) is 0 Å². The van der Waals surface area contributed by atoms with E-state index >= 15 is 0 Å². The minimum atomic E-state index is -0.609. The van der Waals surface area contributed by atoms with Crippen LogP contribution in [0.3, 0.4) is 0 Å². The number of aromatic nitrogens is 2. The number of aromatic amines is 1. The maximum Gasteiger partial charge on any atom is 0.343 e. The first kappa shape index (κ1) is 13.9. The van der Waals surface area contributed by atoms with Crippen LogP contribution in [-0.4, -0.2) is 22.5 Å². The van der Waals surface area contributed by atoms with Crippen molar-refractivity contribution >= 4 is 16.9 Å². The number of nitrogens with one attached hydrogen (secondary N) is 1. The molecule has 0 spiro atoms. The summed E-state index contributed by atoms with van der Waals surface area (Å²) in [4.78, 5) is 30.1. The fourth-order valence-corrected chi connectivity index (χ4v) is 1.43. The lowest BCUT2D eigenvalue weighted by atomic mass is 10.2. The molecule has 2 heterocycles. The first-order valence-corrected chi connectivity index (χ1v) is 5.86. The van der Waals surface area contributed by atoms with Crippen molar-refractivity contribution in [1.29, 1.82) is 0 Å². The Morgan fingerprint density at radius 1 is 1.44 bits per heavy atom. The van der Waals surface area contributed by atoms with Crippen LogP contribution in [0.25, 0.3) is 10.9 Å². The molecule has 0 unspecified atom stereocenters. The van der Waals surface area contributed by atoms with E-state index in [1.54, 1.807) is 13.0 Å². The predicted molar refractivity (Wildman–Crippen MR) is 69.7 cm³/mol. The van der Waals surface area contributed by atoms with Gasteiger partial charge >= 0.3 is 5.97 Å². The molecule has 96 valence electrons. The molecule has 0 aromatic carbocycles. The molecule has 0 atom stereocenters. The Bertz CT molecular complexity index is 590. The first-order valence-electron chi connectivity index (χ1n) is 5.86. The van der Waals surface area contributed by atoms with Crippen molar-refractivity contribution in [2.75, 3.05) is 6.61 Å². The van der Waals surface area contributed by atoms with E-state index in [0.29, 0.717) is 10.9 Å². The number of hydrogen-bond donors (Lipinski definition) is 1. The molecule has 18 heavy (non-hydrogen) atoms. The monoisotopic (exact) mass is 248 g/mol. The lowest BCUT2D eigenvalue weighted by Gasteiger charge is -2.02. The van der Waals surface area contributed by atoms with Crippen molar-refractivity contribution in [2.24, 2.45) is 0 Å². The number of ether oxygens (including phenoxy) is 1. The van der Waals surface area contributed by atoms with Crippen molar-refractivity contribution in [1.82, 2.24) is 9.97 Å². The van der Waals surface area contributed by atoms with Crippen molar-refractivity contribution in [2.45, 2.75) is 20.8 Å². The summed E-state index contributed by atoms with van der Waals surface area (Å²) in [7, 11) is 0. The van der Waals surface area contributed by atoms with Crippen molar-refractivity contribution in [3.63, 3.8) is 0 Å². The van der Waals surface area contributed by atoms with E-state index in [2.05, 4.69) is 9.97 Å². The number of H-pyrrole nitrogens is 1. The molecule has 1 N–H and O–H groups in total. The molecule has 0 amide bonds. The van der Waals surface area contributed by atoms with E-state index in [-0.39, 0.29) is 17.6 Å². The van der Waals surface area contributed by atoms with Gasteiger partial charge in [-0.1, -0.05) is 13.8 Å². The Morgan fingerprint density at radius 3 is 2.83 bits per heavy atom. The number of rotatable bonds is 2. The minimum absolute atomic E-state index is 0.0144. The molecule has 0 saturated carbocycles. The van der Waals surface area contributed by atoms with Crippen molar-refractivity contribution in [3.8, 4) is 0 Å². The highest BCUT2D eigenvalue weighted by atomic mass is 16.5. The Labute approximate surface area is 105 Å². The molecule has 0 bridgehead atoms. The van der Waals surface area contributed by atoms with E-state index in [0.717, 1.165) is 0 Å². The Morgan fingerprint density at radius 2 is 2.17 bits per heavy atom. The van der Waals surface area contributed by atoms with Crippen molar-refractivity contribution < 1.29 is 9.53 Å². The van der Waals surface area contributed by atoms with Gasteiger partial charge in [-0.15, -0.1) is 0 Å². The second kappa shape index (κ2) is 6.54. The minimum Gasteiger partial charge on any atom is -0.462 e. The summed E-state index contributed by atoms with van der Waals surface area (Å²) in [6.45, 7) is 5.93. The predicted octanol–water partition coefficient (Wildman–Crippen LogP) is 2.13. The molecule has 2 aromatic rings. The fraction of sp³-hybridized carbons (Fsp3) is 0.308. The summed E-state index contributed by atoms with van der Waals surface area (Å²) in [6.07, 6.45) is 4.39. The zero-order valence-electron chi connectivity index (χ0n) is 10.7. The maximum absolute atomic E-state index is 11.9. The van der Waals surface area contributed by atoms with Gasteiger partial charge in [0.1, 0.15) is 5.56 Å². The van der Waals surface area contributed by atoms with Crippen LogP contribution in [0.2, 0.25) is 0 Å². The average Bonchev–Trinajstić information content (AvgIpc) is 2.42. The number of nitrogens with zero attached hydrogens (tertiary/aromatic N) is 1. The highest BCUT2D eigenvalue weighted by molar-refractivity contribution is 5.93. The number of pyridine rings is 2. The van der Waals surface area contributed by atoms with Crippen LogP contribution >= 0.6 is 0 Å². The standard InChI is InChI=1S/C11H10N2O3.C2H6/c1-2-16-11(15)8-5-13-9-6-12-4-3-7(9)10(8)14;1-2/h3-6H,2H2,1H3,(H,13,14);1-2H3. The van der Waals surface area contributed by atoms with E-state index in [9.17, 15) is 9.59 Å². The number of hydrogen-bond acceptors (Lipinski definition) is 4. The zero-order valence-corrected chi connectivity index (χ0v) is 10.7. The summed E-state index contributed by atoms with van der Waals surface area (Å²) < 4.78 is 4.78. The third-order valence-electron chi connectivity index (χ3n) is 2.18. The highest BCUT2D eigenvalue weighted by Gasteiger charge is 2.13. The molecule has 0 aliphatic heterocycles. The van der Waals surface area contributed by atoms with Gasteiger partial charge in [0.2, 0.25) is 5.43 Å². The van der Waals surface area contributed by atoms with Crippen LogP contribution in [0.4, 0.5) is 0 Å². The van der Waals surface area contributed by atoms with Gasteiger partial charge in [-0.2, -0.15) is 0 Å². The lowest BCUT2D eigenvalue weighted by Crippen LogP contribution is -2.18. The fourth-order valence-electron chi connectivity index (χ4n) is 1.43. The van der Waals surface area contributed by atoms with Crippen molar-refractivity contribution in [3.05, 3.63) is 40.4 Å². The molecule has 2 aromatic heterocycles. The van der Waals surface area contributed by atoms with Crippen LogP contribution in [0.5, 0.6) is 0 Å². The van der Waals surface area contributed by atoms with Crippen LogP contribution in [0.15, 0.2) is 29.5 Å². The average molecular weight is 248 g/mol. The van der Waals surface area contributed by atoms with Gasteiger partial charge in [0.25, 0.3) is 0 Å². The summed E-state index contributed by atoms with van der Waals surface area (Å²) in [5.74, 6) is -0.609. The molecule has 0 aliphatic carbocycles. The van der Waals surface area contributed by atoms with Gasteiger partial charge in [0, 0.05) is 17.8 Å². The number of carbonyl (C=O) groups excluding carboxylic acids is 1. The van der Waals surface area contributed by atoms with Crippen LogP contribution in [-0.2, 0) is 4.74 Å². The lowest BCUT2D eigenvalue weighted by molar-refractivity contribution is 0.0524. The van der Waals surface area contributed by atoms with Gasteiger partial charge < -0.3 is 9.72 Å². The maximum atomic E-state index is 11.9. The first-order chi connectivity index (χ1) is 8.74. The summed E-state index contributed by atoms with van der Waals surface area (Å²) in [5.41, 5.74) is 0.274. The third kappa shape index (κ3) is 2.74. The normalized spacial score (nSPS) is 9.50. The SMILES string of the molecule is CC.CCOC(=O)c1c[nH]c2cnccc2c1=O. The molecular formula is C13H16N2O3. The second-order valence-electron chi connectivity index (χ2n) is 3.17. The molecule has 0 saturated heterocycles. The van der Waals surface area contributed by atoms with E-state index in [1.165, 1.54) is 18.6 Å². The quantitative estimate of drug-likeness (QED) is 0.826. The number of esters is 1. The number of carbonyl (C=O) groups is 1. The van der Waals surface area contributed by atoms with E-state index in [4.69, 9.17) is 4.74 Å². The smallest absolute Gasteiger partial charge is 0.343 e. The molecule has 0 fully saturated rings. The molecule has 2 rings (SSSR count). The highest BCUT2D eigenvalue weighted by Crippen LogP contribution is 2.05. The van der Waals surface area contributed by atoms with Gasteiger partial charge in [-0.25, -0.2) is 4.79 Å². The van der Waals surface area contributed by atoms with E-state index < -0.39 is 5.97 Å². The van der Waals surface area contributed by atoms with Gasteiger partial charge in [0.15, 0.2) is 0 Å². The van der Waals surface area contributed by atoms with Gasteiger partial charge in [-0.05, 0) is 13.0 Å². The zero-order chi connectivity index (χ0) is 13.5. The Hall–Kier alpha value is -2.17. The summed E-state index contributed by atoms with van der Waals surface area (Å²) >= 11 is 0. The Kier molecular flexibility index (Phi) is 5.05. The van der Waals surface area contributed by atoms with E-state index in [1.807, 2.05) is 13.8 Å². The largest absolute Gasteiger partial charge is 0.462 e. The number of fused-ring (bicyclic) bond motifs is 1. The Balaban J connectivity index is 0.000000771. The van der Waals surface area contributed by atoms with Crippen LogP contribution < -0.4 is 5.43 Å². The second-order valence-corrected chi connectivity index (χ2v) is 3.17. The molecule has 0 aliphatic rings. The summed E-state index contributed by atoms with van der Waals surface area (Å²) in [5, 5.41) is 0.431. The third-order valence-corrected chi connectivity index (χ3v) is 2.18. The van der Waals surface area contributed by atoms with Crippen LogP contribution in [0.1, 0.15) is 31.1 Å². The summed E-state index contributed by atoms with van der Waals surface area (Å²) in [6, 6.07) is 1.57. The molecule has 5 heteroatoms. The molecule has 0 radical (unpaired) electrons. The molecular weight excluding hydrogens is 232 g/mol. The molecule has 5 nitrogen and oxygen atoms in total. The topological polar surface area (TPSA) is 72.1 Å². The van der Waals surface area contributed by atoms with Gasteiger partial charge in [-0.3, -0.25) is 9.78 Å².